The first-order valence-corrected chi connectivity index (χ1v) is 10.1. The molecule has 2 heterocycles. The number of aryl methyl sites for hydroxylation is 2. The normalized spacial score (nSPS) is 10.9. The van der Waals surface area contributed by atoms with Crippen LogP contribution in [0.2, 0.25) is 5.02 Å². The quantitative estimate of drug-likeness (QED) is 0.628. The van der Waals surface area contributed by atoms with Crippen LogP contribution in [0.5, 0.6) is 0 Å². The molecule has 26 heavy (non-hydrogen) atoms. The topological polar surface area (TPSA) is 72.7 Å². The Morgan fingerprint density at radius 2 is 2.00 bits per heavy atom. The average molecular weight is 408 g/mol. The van der Waals surface area contributed by atoms with Gasteiger partial charge in [0.05, 0.1) is 11.4 Å². The number of benzene rings is 1. The number of hydrogen-bond donors (Lipinski definition) is 1. The lowest BCUT2D eigenvalue weighted by atomic mass is 10.1. The zero-order valence-corrected chi connectivity index (χ0v) is 17.0. The number of nitrogens with zero attached hydrogens (tertiary/aromatic N) is 4. The summed E-state index contributed by atoms with van der Waals surface area (Å²) in [6.07, 6.45) is 0.658. The van der Waals surface area contributed by atoms with Gasteiger partial charge in [0.1, 0.15) is 5.82 Å². The summed E-state index contributed by atoms with van der Waals surface area (Å²) in [5.41, 5.74) is 2.05. The van der Waals surface area contributed by atoms with E-state index in [0.717, 1.165) is 22.0 Å². The number of hydrogen-bond acceptors (Lipinski definition) is 6. The first-order chi connectivity index (χ1) is 12.4. The van der Waals surface area contributed by atoms with Crippen LogP contribution in [-0.2, 0) is 18.3 Å². The fourth-order valence-electron chi connectivity index (χ4n) is 2.22. The highest BCUT2D eigenvalue weighted by Crippen LogP contribution is 2.22. The molecule has 0 fully saturated rings. The van der Waals surface area contributed by atoms with E-state index in [2.05, 4.69) is 20.5 Å². The number of thiazole rings is 1. The smallest absolute Gasteiger partial charge is 0.236 e. The molecule has 1 aromatic carbocycles. The Hall–Kier alpha value is -1.90. The number of anilines is 1. The van der Waals surface area contributed by atoms with Gasteiger partial charge in [0.2, 0.25) is 5.91 Å². The van der Waals surface area contributed by atoms with Gasteiger partial charge in [-0.2, -0.15) is 0 Å². The van der Waals surface area contributed by atoms with Crippen molar-refractivity contribution in [1.82, 2.24) is 19.7 Å². The van der Waals surface area contributed by atoms with Crippen molar-refractivity contribution in [2.24, 2.45) is 7.05 Å². The van der Waals surface area contributed by atoms with Gasteiger partial charge >= 0.3 is 0 Å². The van der Waals surface area contributed by atoms with Crippen molar-refractivity contribution in [2.75, 3.05) is 11.1 Å². The van der Waals surface area contributed by atoms with E-state index in [1.54, 1.807) is 0 Å². The highest BCUT2D eigenvalue weighted by molar-refractivity contribution is 7.99. The summed E-state index contributed by atoms with van der Waals surface area (Å²) < 4.78 is 1.91. The molecule has 1 amide bonds. The summed E-state index contributed by atoms with van der Waals surface area (Å²) in [4.78, 5) is 17.5. The summed E-state index contributed by atoms with van der Waals surface area (Å²) >= 11 is 8.74. The molecule has 6 nitrogen and oxygen atoms in total. The number of carbonyl (C=O) groups is 1. The molecule has 9 heteroatoms. The molecule has 0 aliphatic heterocycles. The molecule has 0 aliphatic carbocycles. The number of amides is 1. The average Bonchev–Trinajstić information content (AvgIpc) is 3.10. The van der Waals surface area contributed by atoms with Crippen molar-refractivity contribution < 1.29 is 4.79 Å². The Balaban J connectivity index is 1.57. The molecule has 0 atom stereocenters. The highest BCUT2D eigenvalue weighted by atomic mass is 35.5. The minimum Gasteiger partial charge on any atom is -0.309 e. The maximum absolute atomic E-state index is 12.1. The number of thioether (sulfide) groups is 1. The SMILES string of the molecule is Cc1nc(NC(=O)CSc2nnc(Cc3ccc(Cl)cc3)n2C)sc1C. The van der Waals surface area contributed by atoms with Gasteiger partial charge in [-0.15, -0.1) is 21.5 Å². The molecule has 136 valence electrons. The third-order valence-electron chi connectivity index (χ3n) is 3.81. The van der Waals surface area contributed by atoms with Crippen molar-refractivity contribution in [2.45, 2.75) is 25.4 Å². The molecule has 1 N–H and O–H groups in total. The molecule has 0 saturated carbocycles. The zero-order valence-electron chi connectivity index (χ0n) is 14.6. The highest BCUT2D eigenvalue weighted by Gasteiger charge is 2.13. The molecule has 0 unspecified atom stereocenters. The fourth-order valence-corrected chi connectivity index (χ4v) is 3.91. The second kappa shape index (κ2) is 8.20. The van der Waals surface area contributed by atoms with Gasteiger partial charge < -0.3 is 9.88 Å². The van der Waals surface area contributed by atoms with Crippen LogP contribution in [0.15, 0.2) is 29.4 Å². The van der Waals surface area contributed by atoms with Crippen molar-refractivity contribution in [1.29, 1.82) is 0 Å². The van der Waals surface area contributed by atoms with Gasteiger partial charge in [-0.1, -0.05) is 35.5 Å². The van der Waals surface area contributed by atoms with Gasteiger partial charge in [0.25, 0.3) is 0 Å². The molecule has 3 rings (SSSR count). The maximum atomic E-state index is 12.1. The Morgan fingerprint density at radius 3 is 2.65 bits per heavy atom. The minimum atomic E-state index is -0.106. The minimum absolute atomic E-state index is 0.106. The predicted molar refractivity (Wildman–Crippen MR) is 106 cm³/mol. The van der Waals surface area contributed by atoms with Gasteiger partial charge in [0.15, 0.2) is 10.3 Å². The third-order valence-corrected chi connectivity index (χ3v) is 6.07. The Labute approximate surface area is 165 Å². The van der Waals surface area contributed by atoms with Crippen LogP contribution in [0.25, 0.3) is 0 Å². The van der Waals surface area contributed by atoms with Crippen LogP contribution < -0.4 is 5.32 Å². The van der Waals surface area contributed by atoms with Crippen molar-refractivity contribution in [3.05, 3.63) is 51.2 Å². The Morgan fingerprint density at radius 1 is 1.27 bits per heavy atom. The summed E-state index contributed by atoms with van der Waals surface area (Å²) in [6, 6.07) is 7.65. The van der Waals surface area contributed by atoms with Crippen LogP contribution in [0.1, 0.15) is 22.0 Å². The molecule has 2 aromatic heterocycles. The molecule has 0 aliphatic rings. The Kier molecular flexibility index (Phi) is 5.95. The molecule has 3 aromatic rings. The number of aromatic nitrogens is 4. The van der Waals surface area contributed by atoms with Crippen LogP contribution in [0.4, 0.5) is 5.13 Å². The van der Waals surface area contributed by atoms with Gasteiger partial charge in [-0.05, 0) is 31.5 Å². The lowest BCUT2D eigenvalue weighted by molar-refractivity contribution is -0.113. The van der Waals surface area contributed by atoms with Crippen molar-refractivity contribution >= 4 is 45.7 Å². The van der Waals surface area contributed by atoms with Gasteiger partial charge in [-0.25, -0.2) is 4.98 Å². The zero-order chi connectivity index (χ0) is 18.7. The van der Waals surface area contributed by atoms with Crippen LogP contribution in [0, 0.1) is 13.8 Å². The van der Waals surface area contributed by atoms with E-state index in [0.29, 0.717) is 21.7 Å². The maximum Gasteiger partial charge on any atom is 0.236 e. The second-order valence-corrected chi connectivity index (χ2v) is 8.34. The first kappa shape index (κ1) is 18.9. The molecule has 0 bridgehead atoms. The molecular weight excluding hydrogens is 390 g/mol. The fraction of sp³-hybridized carbons (Fsp3) is 0.294. The third kappa shape index (κ3) is 4.63. The monoisotopic (exact) mass is 407 g/mol. The molecular formula is C17H18ClN5OS2. The summed E-state index contributed by atoms with van der Waals surface area (Å²) in [5.74, 6) is 0.984. The summed E-state index contributed by atoms with van der Waals surface area (Å²) in [5, 5.41) is 13.3. The number of halogens is 1. The lowest BCUT2D eigenvalue weighted by Gasteiger charge is -2.04. The van der Waals surface area contributed by atoms with Crippen LogP contribution in [-0.4, -0.2) is 31.4 Å². The number of rotatable bonds is 6. The summed E-state index contributed by atoms with van der Waals surface area (Å²) in [7, 11) is 1.90. The van der Waals surface area contributed by atoms with E-state index < -0.39 is 0 Å². The van der Waals surface area contributed by atoms with E-state index in [1.165, 1.54) is 23.1 Å². The standard InChI is InChI=1S/C17H18ClN5OS2/c1-10-11(2)26-16(19-10)20-15(24)9-25-17-22-21-14(23(17)3)8-12-4-6-13(18)7-5-12/h4-7H,8-9H2,1-3H3,(H,19,20,24). The molecule has 0 spiro atoms. The van der Waals surface area contributed by atoms with E-state index in [9.17, 15) is 4.79 Å². The van der Waals surface area contributed by atoms with E-state index in [1.807, 2.05) is 49.7 Å². The Bertz CT molecular complexity index is 900. The number of nitrogens with one attached hydrogen (secondary N) is 1. The molecule has 0 saturated heterocycles. The van der Waals surface area contributed by atoms with Crippen molar-refractivity contribution in [3.8, 4) is 0 Å². The lowest BCUT2D eigenvalue weighted by Crippen LogP contribution is -2.14. The van der Waals surface area contributed by atoms with Gasteiger partial charge in [0, 0.05) is 23.4 Å². The van der Waals surface area contributed by atoms with Crippen LogP contribution >= 0.6 is 34.7 Å². The van der Waals surface area contributed by atoms with E-state index >= 15 is 0 Å². The van der Waals surface area contributed by atoms with Gasteiger partial charge in [-0.3, -0.25) is 4.79 Å². The van der Waals surface area contributed by atoms with E-state index in [-0.39, 0.29) is 11.7 Å². The molecule has 0 radical (unpaired) electrons. The summed E-state index contributed by atoms with van der Waals surface area (Å²) in [6.45, 7) is 3.91. The van der Waals surface area contributed by atoms with Crippen LogP contribution in [0.3, 0.4) is 0 Å². The largest absolute Gasteiger partial charge is 0.309 e. The first-order valence-electron chi connectivity index (χ1n) is 7.92. The van der Waals surface area contributed by atoms with Crippen molar-refractivity contribution in [3.63, 3.8) is 0 Å². The second-order valence-electron chi connectivity index (χ2n) is 5.76. The van der Waals surface area contributed by atoms with E-state index in [4.69, 9.17) is 11.6 Å². The predicted octanol–water partition coefficient (Wildman–Crippen LogP) is 3.86. The number of carbonyl (C=O) groups excluding carboxylic acids is 1.